The summed E-state index contributed by atoms with van der Waals surface area (Å²) in [5, 5.41) is 4.23. The zero-order chi connectivity index (χ0) is 14.4. The van der Waals surface area contributed by atoms with Crippen molar-refractivity contribution in [3.8, 4) is 0 Å². The van der Waals surface area contributed by atoms with Gasteiger partial charge in [-0.05, 0) is 0 Å². The van der Waals surface area contributed by atoms with Gasteiger partial charge < -0.3 is 30.2 Å². The minimum absolute atomic E-state index is 0.105. The molecule has 0 heterocycles. The fraction of sp³-hybridized carbons (Fsp3) is 0.667. The molecule has 6 N–H and O–H groups in total. The van der Waals surface area contributed by atoms with Crippen molar-refractivity contribution in [2.45, 2.75) is 0 Å². The summed E-state index contributed by atoms with van der Waals surface area (Å²) in [6.45, 7) is -0.211. The lowest BCUT2D eigenvalue weighted by Gasteiger charge is -2.08. The second-order valence-electron chi connectivity index (χ2n) is 3.35. The first-order valence-electron chi connectivity index (χ1n) is 4.62. The summed E-state index contributed by atoms with van der Waals surface area (Å²) in [5.74, 6) is -1.76. The molecule has 0 unspecified atom stereocenters. The number of carbonyl (C=O) groups is 2. The number of amides is 2. The van der Waals surface area contributed by atoms with Gasteiger partial charge in [0.15, 0.2) is 0 Å². The predicted octanol–water partition coefficient (Wildman–Crippen LogP) is -2.43. The van der Waals surface area contributed by atoms with Crippen LogP contribution in [0.4, 0.5) is 0 Å². The van der Waals surface area contributed by atoms with E-state index in [-0.39, 0.29) is 13.1 Å². The van der Waals surface area contributed by atoms with Crippen LogP contribution in [-0.2, 0) is 18.7 Å². The Labute approximate surface area is 102 Å². The summed E-state index contributed by atoms with van der Waals surface area (Å²) in [4.78, 5) is 55.6. The molecule has 0 aromatic carbocycles. The molecular weight excluding hydrogens is 290 g/mol. The average molecular weight is 304 g/mol. The molecule has 10 nitrogen and oxygen atoms in total. The second-order valence-corrected chi connectivity index (χ2v) is 6.64. The van der Waals surface area contributed by atoms with Crippen LogP contribution in [0.25, 0.3) is 0 Å². The molecule has 0 saturated heterocycles. The van der Waals surface area contributed by atoms with Crippen LogP contribution < -0.4 is 10.6 Å². The van der Waals surface area contributed by atoms with Gasteiger partial charge in [0.25, 0.3) is 0 Å². The molecule has 0 radical (unpaired) electrons. The highest BCUT2D eigenvalue weighted by Crippen LogP contribution is 2.33. The van der Waals surface area contributed by atoms with Crippen molar-refractivity contribution in [1.29, 1.82) is 0 Å². The zero-order valence-electron chi connectivity index (χ0n) is 9.14. The average Bonchev–Trinajstić information content (AvgIpc) is 2.06. The van der Waals surface area contributed by atoms with E-state index in [1.165, 1.54) is 0 Å². The molecule has 12 heteroatoms. The van der Waals surface area contributed by atoms with E-state index in [9.17, 15) is 18.7 Å². The molecular formula is C6H14N2O8P2. The lowest BCUT2D eigenvalue weighted by Crippen LogP contribution is -2.36. The molecule has 18 heavy (non-hydrogen) atoms. The molecule has 0 aromatic heterocycles. The number of nitrogens with one attached hydrogen (secondary N) is 2. The van der Waals surface area contributed by atoms with Crippen LogP contribution in [0.3, 0.4) is 0 Å². The summed E-state index contributed by atoms with van der Waals surface area (Å²) < 4.78 is 20.8. The van der Waals surface area contributed by atoms with Crippen molar-refractivity contribution in [2.24, 2.45) is 0 Å². The van der Waals surface area contributed by atoms with Crippen LogP contribution in [0.15, 0.2) is 0 Å². The monoisotopic (exact) mass is 304 g/mol. The van der Waals surface area contributed by atoms with E-state index in [0.29, 0.717) is 0 Å². The lowest BCUT2D eigenvalue weighted by atomic mass is 10.5. The largest absolute Gasteiger partial charge is 0.354 e. The van der Waals surface area contributed by atoms with E-state index < -0.39 is 39.3 Å². The fourth-order valence-corrected chi connectivity index (χ4v) is 1.86. The molecule has 0 aromatic rings. The van der Waals surface area contributed by atoms with Gasteiger partial charge in [-0.3, -0.25) is 18.7 Å². The number of hydrogen-bond acceptors (Lipinski definition) is 4. The van der Waals surface area contributed by atoms with Crippen LogP contribution in [0.2, 0.25) is 0 Å². The smallest absolute Gasteiger partial charge is 0.334 e. The highest BCUT2D eigenvalue weighted by atomic mass is 31.2. The summed E-state index contributed by atoms with van der Waals surface area (Å²) in [6, 6.07) is 0. The van der Waals surface area contributed by atoms with Crippen LogP contribution in [0, 0.1) is 0 Å². The Morgan fingerprint density at radius 1 is 0.778 bits per heavy atom. The summed E-state index contributed by atoms with van der Waals surface area (Å²) in [5.41, 5.74) is 0. The first-order chi connectivity index (χ1) is 7.99. The molecule has 2 amide bonds. The minimum atomic E-state index is -4.42. The van der Waals surface area contributed by atoms with Crippen molar-refractivity contribution in [3.63, 3.8) is 0 Å². The van der Waals surface area contributed by atoms with Gasteiger partial charge in [-0.15, -0.1) is 0 Å². The number of hydrogen-bond donors (Lipinski definition) is 6. The van der Waals surface area contributed by atoms with Crippen molar-refractivity contribution in [3.05, 3.63) is 0 Å². The Balaban J connectivity index is 3.75. The number of rotatable bonds is 7. The zero-order valence-corrected chi connectivity index (χ0v) is 10.9. The van der Waals surface area contributed by atoms with Crippen LogP contribution in [0.5, 0.6) is 0 Å². The van der Waals surface area contributed by atoms with Crippen LogP contribution in [0.1, 0.15) is 0 Å². The molecule has 0 saturated carbocycles. The van der Waals surface area contributed by atoms with Gasteiger partial charge in [-0.25, -0.2) is 0 Å². The topological polar surface area (TPSA) is 173 Å². The first-order valence-corrected chi connectivity index (χ1v) is 8.22. The SMILES string of the molecule is O=C(CP(=O)(O)O)NCCNC(=O)CP(=O)(O)O. The van der Waals surface area contributed by atoms with Gasteiger partial charge in [0, 0.05) is 13.1 Å². The van der Waals surface area contributed by atoms with Gasteiger partial charge in [-0.1, -0.05) is 0 Å². The van der Waals surface area contributed by atoms with Crippen molar-refractivity contribution in [2.75, 3.05) is 25.4 Å². The van der Waals surface area contributed by atoms with Crippen molar-refractivity contribution >= 4 is 27.0 Å². The molecule has 0 aliphatic rings. The Kier molecular flexibility index (Phi) is 6.69. The second kappa shape index (κ2) is 6.98. The quantitative estimate of drug-likeness (QED) is 0.222. The highest BCUT2D eigenvalue weighted by Gasteiger charge is 2.19. The van der Waals surface area contributed by atoms with Gasteiger partial charge >= 0.3 is 15.2 Å². The van der Waals surface area contributed by atoms with Crippen LogP contribution in [-0.4, -0.2) is 56.8 Å². The first kappa shape index (κ1) is 17.2. The van der Waals surface area contributed by atoms with Crippen molar-refractivity contribution in [1.82, 2.24) is 10.6 Å². The minimum Gasteiger partial charge on any atom is -0.354 e. The third-order valence-corrected chi connectivity index (χ3v) is 2.87. The van der Waals surface area contributed by atoms with Gasteiger partial charge in [0.2, 0.25) is 11.8 Å². The summed E-state index contributed by atoms with van der Waals surface area (Å²) in [7, 11) is -8.84. The van der Waals surface area contributed by atoms with Crippen LogP contribution >= 0.6 is 15.2 Å². The van der Waals surface area contributed by atoms with E-state index in [2.05, 4.69) is 10.6 Å². The number of carbonyl (C=O) groups excluding carboxylic acids is 2. The standard InChI is InChI=1S/C6H14N2O8P2/c9-5(3-17(11,12)13)7-1-2-8-6(10)4-18(14,15)16/h1-4H2,(H,7,9)(H,8,10)(H2,11,12,13)(H2,14,15,16). The van der Waals surface area contributed by atoms with E-state index in [1.807, 2.05) is 0 Å². The normalized spacial score (nSPS) is 12.0. The molecule has 0 aliphatic heterocycles. The third-order valence-electron chi connectivity index (χ3n) is 1.47. The molecule has 0 rings (SSSR count). The highest BCUT2D eigenvalue weighted by molar-refractivity contribution is 7.53. The molecule has 0 atom stereocenters. The third kappa shape index (κ3) is 11.7. The Bertz CT molecular complexity index is 360. The Morgan fingerprint density at radius 3 is 1.28 bits per heavy atom. The maximum absolute atomic E-state index is 10.9. The van der Waals surface area contributed by atoms with E-state index in [0.717, 1.165) is 0 Å². The van der Waals surface area contributed by atoms with Crippen molar-refractivity contribution < 1.29 is 38.3 Å². The van der Waals surface area contributed by atoms with E-state index >= 15 is 0 Å². The maximum atomic E-state index is 10.9. The fourth-order valence-electron chi connectivity index (χ4n) is 0.890. The predicted molar refractivity (Wildman–Crippen MR) is 59.8 cm³/mol. The molecule has 0 aliphatic carbocycles. The maximum Gasteiger partial charge on any atom is 0.334 e. The lowest BCUT2D eigenvalue weighted by molar-refractivity contribution is -0.120. The van der Waals surface area contributed by atoms with E-state index in [1.54, 1.807) is 0 Å². The van der Waals surface area contributed by atoms with Gasteiger partial charge in [0.1, 0.15) is 12.3 Å². The summed E-state index contributed by atoms with van der Waals surface area (Å²) in [6.07, 6.45) is -1.91. The van der Waals surface area contributed by atoms with Gasteiger partial charge in [-0.2, -0.15) is 0 Å². The molecule has 106 valence electrons. The summed E-state index contributed by atoms with van der Waals surface area (Å²) >= 11 is 0. The molecule has 0 bridgehead atoms. The van der Waals surface area contributed by atoms with E-state index in [4.69, 9.17) is 19.6 Å². The molecule has 0 fully saturated rings. The van der Waals surface area contributed by atoms with Gasteiger partial charge in [0.05, 0.1) is 0 Å². The Morgan fingerprint density at radius 2 is 1.06 bits per heavy atom. The molecule has 0 spiro atoms. The Hall–Kier alpha value is -0.760.